The number of hydrogen-bond acceptors (Lipinski definition) is 3. The number of rotatable bonds is 7. The van der Waals surface area contributed by atoms with Gasteiger partial charge in [0.1, 0.15) is 11.4 Å². The maximum atomic E-state index is 13.1. The highest BCUT2D eigenvalue weighted by molar-refractivity contribution is 5.17. The Morgan fingerprint density at radius 2 is 2.23 bits per heavy atom. The topological polar surface area (TPSA) is 50.1 Å². The summed E-state index contributed by atoms with van der Waals surface area (Å²) >= 11 is 0. The Morgan fingerprint density at radius 1 is 1.45 bits per heavy atom. The summed E-state index contributed by atoms with van der Waals surface area (Å²) in [6, 6.07) is 6.92. The molecule has 1 aromatic heterocycles. The standard InChI is InChI=1S/C17H24FN3O/c1-13(7-8-14-5-4-6-16(18)9-14)19-12-17(2,22)15-10-20-21(3)11-15/h4-6,9-11,13,19,22H,7-8,12H2,1-3H3. The van der Waals surface area contributed by atoms with Gasteiger partial charge in [0.2, 0.25) is 0 Å². The van der Waals surface area contributed by atoms with Crippen LogP contribution < -0.4 is 5.32 Å². The number of aryl methyl sites for hydroxylation is 2. The number of aliphatic hydroxyl groups is 1. The predicted octanol–water partition coefficient (Wildman–Crippen LogP) is 2.38. The van der Waals surface area contributed by atoms with Gasteiger partial charge in [-0.1, -0.05) is 12.1 Å². The second-order valence-corrected chi connectivity index (χ2v) is 6.13. The average molecular weight is 305 g/mol. The zero-order chi connectivity index (χ0) is 16.2. The SMILES string of the molecule is CC(CCc1cccc(F)c1)NCC(C)(O)c1cnn(C)c1. The van der Waals surface area contributed by atoms with E-state index < -0.39 is 5.60 Å². The summed E-state index contributed by atoms with van der Waals surface area (Å²) in [6.45, 7) is 4.29. The lowest BCUT2D eigenvalue weighted by molar-refractivity contribution is 0.0540. The van der Waals surface area contributed by atoms with Gasteiger partial charge < -0.3 is 10.4 Å². The van der Waals surface area contributed by atoms with Crippen LogP contribution in [0.5, 0.6) is 0 Å². The molecule has 1 heterocycles. The van der Waals surface area contributed by atoms with Crippen LogP contribution in [-0.4, -0.2) is 27.5 Å². The van der Waals surface area contributed by atoms with E-state index in [4.69, 9.17) is 0 Å². The molecule has 5 heteroatoms. The quantitative estimate of drug-likeness (QED) is 0.826. The lowest BCUT2D eigenvalue weighted by Gasteiger charge is -2.25. The third kappa shape index (κ3) is 4.64. The molecule has 0 spiro atoms. The molecule has 0 saturated carbocycles. The Balaban J connectivity index is 1.81. The second-order valence-electron chi connectivity index (χ2n) is 6.13. The van der Waals surface area contributed by atoms with Crippen LogP contribution in [0.4, 0.5) is 4.39 Å². The predicted molar refractivity (Wildman–Crippen MR) is 85.0 cm³/mol. The van der Waals surface area contributed by atoms with Crippen LogP contribution in [0.2, 0.25) is 0 Å². The van der Waals surface area contributed by atoms with Crippen molar-refractivity contribution in [3.63, 3.8) is 0 Å². The van der Waals surface area contributed by atoms with Gasteiger partial charge in [-0.15, -0.1) is 0 Å². The van der Waals surface area contributed by atoms with Gasteiger partial charge in [0.25, 0.3) is 0 Å². The maximum absolute atomic E-state index is 13.1. The summed E-state index contributed by atoms with van der Waals surface area (Å²) in [6.07, 6.45) is 5.19. The molecular formula is C17H24FN3O. The number of nitrogens with one attached hydrogen (secondary N) is 1. The molecule has 2 N–H and O–H groups in total. The molecule has 0 aliphatic heterocycles. The molecular weight excluding hydrogens is 281 g/mol. The molecule has 120 valence electrons. The summed E-state index contributed by atoms with van der Waals surface area (Å²) in [5.41, 5.74) is 0.828. The van der Waals surface area contributed by atoms with Crippen LogP contribution in [-0.2, 0) is 19.1 Å². The minimum Gasteiger partial charge on any atom is -0.384 e. The van der Waals surface area contributed by atoms with Crippen molar-refractivity contribution in [1.29, 1.82) is 0 Å². The number of hydrogen-bond donors (Lipinski definition) is 2. The van der Waals surface area contributed by atoms with Gasteiger partial charge in [-0.25, -0.2) is 4.39 Å². The van der Waals surface area contributed by atoms with E-state index in [9.17, 15) is 9.50 Å². The van der Waals surface area contributed by atoms with Crippen molar-refractivity contribution in [2.24, 2.45) is 7.05 Å². The molecule has 0 bridgehead atoms. The third-order valence-corrected chi connectivity index (χ3v) is 3.88. The first-order valence-electron chi connectivity index (χ1n) is 7.56. The first-order chi connectivity index (χ1) is 10.4. The molecule has 0 aliphatic rings. The Kier molecular flexibility index (Phi) is 5.32. The van der Waals surface area contributed by atoms with E-state index >= 15 is 0 Å². The van der Waals surface area contributed by atoms with Gasteiger partial charge in [0, 0.05) is 31.4 Å². The van der Waals surface area contributed by atoms with Crippen molar-refractivity contribution < 1.29 is 9.50 Å². The van der Waals surface area contributed by atoms with E-state index in [2.05, 4.69) is 17.3 Å². The van der Waals surface area contributed by atoms with Crippen LogP contribution in [0.15, 0.2) is 36.7 Å². The van der Waals surface area contributed by atoms with Crippen molar-refractivity contribution in [3.8, 4) is 0 Å². The van der Waals surface area contributed by atoms with E-state index in [1.54, 1.807) is 29.9 Å². The summed E-state index contributed by atoms with van der Waals surface area (Å²) < 4.78 is 14.8. The number of halogens is 1. The van der Waals surface area contributed by atoms with Crippen molar-refractivity contribution in [2.75, 3.05) is 6.54 Å². The highest BCUT2D eigenvalue weighted by atomic mass is 19.1. The minimum atomic E-state index is -0.957. The van der Waals surface area contributed by atoms with Gasteiger partial charge >= 0.3 is 0 Å². The van der Waals surface area contributed by atoms with Crippen LogP contribution in [0.1, 0.15) is 31.4 Å². The molecule has 0 radical (unpaired) electrons. The van der Waals surface area contributed by atoms with E-state index in [-0.39, 0.29) is 11.9 Å². The largest absolute Gasteiger partial charge is 0.384 e. The lowest BCUT2D eigenvalue weighted by atomic mass is 9.98. The number of aromatic nitrogens is 2. The van der Waals surface area contributed by atoms with Gasteiger partial charge in [-0.2, -0.15) is 5.10 Å². The lowest BCUT2D eigenvalue weighted by Crippen LogP contribution is -2.39. The molecule has 2 aromatic rings. The van der Waals surface area contributed by atoms with Gasteiger partial charge in [0.15, 0.2) is 0 Å². The summed E-state index contributed by atoms with van der Waals surface area (Å²) in [7, 11) is 1.83. The molecule has 0 fully saturated rings. The first-order valence-corrected chi connectivity index (χ1v) is 7.56. The fourth-order valence-electron chi connectivity index (χ4n) is 2.35. The summed E-state index contributed by atoms with van der Waals surface area (Å²) in [5, 5.41) is 17.9. The van der Waals surface area contributed by atoms with Crippen molar-refractivity contribution in [3.05, 3.63) is 53.6 Å². The zero-order valence-corrected chi connectivity index (χ0v) is 13.4. The number of nitrogens with zero attached hydrogens (tertiary/aromatic N) is 2. The van der Waals surface area contributed by atoms with Crippen LogP contribution in [0.25, 0.3) is 0 Å². The zero-order valence-electron chi connectivity index (χ0n) is 13.4. The second kappa shape index (κ2) is 7.03. The molecule has 0 amide bonds. The Labute approximate surface area is 131 Å². The van der Waals surface area contributed by atoms with Crippen molar-refractivity contribution in [2.45, 2.75) is 38.3 Å². The molecule has 2 rings (SSSR count). The smallest absolute Gasteiger partial charge is 0.123 e. The maximum Gasteiger partial charge on any atom is 0.123 e. The highest BCUT2D eigenvalue weighted by Crippen LogP contribution is 2.19. The minimum absolute atomic E-state index is 0.197. The fourth-order valence-corrected chi connectivity index (χ4v) is 2.35. The van der Waals surface area contributed by atoms with Gasteiger partial charge in [0.05, 0.1) is 6.20 Å². The average Bonchev–Trinajstić information content (AvgIpc) is 2.91. The van der Waals surface area contributed by atoms with Gasteiger partial charge in [-0.3, -0.25) is 4.68 Å². The van der Waals surface area contributed by atoms with Crippen LogP contribution in [0.3, 0.4) is 0 Å². The Morgan fingerprint density at radius 3 is 2.86 bits per heavy atom. The molecule has 2 unspecified atom stereocenters. The monoisotopic (exact) mass is 305 g/mol. The molecule has 2 atom stereocenters. The Bertz CT molecular complexity index is 609. The summed E-state index contributed by atoms with van der Waals surface area (Å²) in [5.74, 6) is -0.197. The van der Waals surface area contributed by atoms with E-state index in [0.29, 0.717) is 6.54 Å². The molecule has 4 nitrogen and oxygen atoms in total. The molecule has 22 heavy (non-hydrogen) atoms. The molecule has 0 saturated heterocycles. The van der Waals surface area contributed by atoms with E-state index in [0.717, 1.165) is 24.0 Å². The fraction of sp³-hybridized carbons (Fsp3) is 0.471. The highest BCUT2D eigenvalue weighted by Gasteiger charge is 2.24. The number of benzene rings is 1. The Hall–Kier alpha value is -1.72. The van der Waals surface area contributed by atoms with Crippen molar-refractivity contribution in [1.82, 2.24) is 15.1 Å². The van der Waals surface area contributed by atoms with Gasteiger partial charge in [-0.05, 0) is 44.4 Å². The first kappa shape index (κ1) is 16.6. The van der Waals surface area contributed by atoms with Crippen LogP contribution in [0, 0.1) is 5.82 Å². The third-order valence-electron chi connectivity index (χ3n) is 3.88. The normalized spacial score (nSPS) is 15.5. The summed E-state index contributed by atoms with van der Waals surface area (Å²) in [4.78, 5) is 0. The van der Waals surface area contributed by atoms with E-state index in [1.807, 2.05) is 19.3 Å². The van der Waals surface area contributed by atoms with E-state index in [1.165, 1.54) is 6.07 Å². The van der Waals surface area contributed by atoms with Crippen molar-refractivity contribution >= 4 is 0 Å². The molecule has 1 aromatic carbocycles. The van der Waals surface area contributed by atoms with Crippen LogP contribution >= 0.6 is 0 Å². The molecule has 0 aliphatic carbocycles.